The van der Waals surface area contributed by atoms with Crippen LogP contribution in [0, 0.1) is 0 Å². The summed E-state index contributed by atoms with van der Waals surface area (Å²) >= 11 is 7.02. The van der Waals surface area contributed by atoms with Crippen molar-refractivity contribution in [3.05, 3.63) is 48.5 Å². The zero-order valence-electron chi connectivity index (χ0n) is 11.3. The van der Waals surface area contributed by atoms with Gasteiger partial charge in [-0.25, -0.2) is 0 Å². The number of ether oxygens (including phenoxy) is 1. The predicted molar refractivity (Wildman–Crippen MR) is 91.1 cm³/mol. The SMILES string of the molecule is COc1ccccc1NC(=S)Nc1ccccc1SC. The molecule has 0 aliphatic heterocycles. The van der Waals surface area contributed by atoms with E-state index in [0.717, 1.165) is 22.0 Å². The zero-order chi connectivity index (χ0) is 14.4. The minimum Gasteiger partial charge on any atom is -0.495 e. The lowest BCUT2D eigenvalue weighted by Gasteiger charge is -2.14. The number of thioether (sulfide) groups is 1. The van der Waals surface area contributed by atoms with E-state index in [-0.39, 0.29) is 0 Å². The van der Waals surface area contributed by atoms with Gasteiger partial charge in [0.2, 0.25) is 0 Å². The maximum atomic E-state index is 5.35. The molecule has 2 N–H and O–H groups in total. The van der Waals surface area contributed by atoms with Crippen molar-refractivity contribution in [1.82, 2.24) is 0 Å². The van der Waals surface area contributed by atoms with Crippen LogP contribution in [0.3, 0.4) is 0 Å². The Morgan fingerprint density at radius 2 is 1.60 bits per heavy atom. The third-order valence-corrected chi connectivity index (χ3v) is 3.71. The van der Waals surface area contributed by atoms with Crippen LogP contribution in [0.25, 0.3) is 0 Å². The summed E-state index contributed by atoms with van der Waals surface area (Å²) in [6.07, 6.45) is 2.04. The first kappa shape index (κ1) is 14.7. The quantitative estimate of drug-likeness (QED) is 0.652. The van der Waals surface area contributed by atoms with E-state index in [1.807, 2.05) is 48.7 Å². The summed E-state index contributed by atoms with van der Waals surface area (Å²) in [5.74, 6) is 0.759. The Balaban J connectivity index is 2.09. The minimum absolute atomic E-state index is 0.538. The molecule has 0 amide bonds. The number of para-hydroxylation sites is 3. The fraction of sp³-hybridized carbons (Fsp3) is 0.133. The van der Waals surface area contributed by atoms with Crippen molar-refractivity contribution in [3.8, 4) is 5.75 Å². The molecule has 0 heterocycles. The summed E-state index contributed by atoms with van der Waals surface area (Å²) in [7, 11) is 1.64. The Bertz CT molecular complexity index is 550. The van der Waals surface area contributed by atoms with Gasteiger partial charge in [0.1, 0.15) is 5.75 Å². The molecule has 0 aliphatic rings. The van der Waals surface area contributed by atoms with Gasteiger partial charge in [-0.15, -0.1) is 11.8 Å². The van der Waals surface area contributed by atoms with Crippen molar-refractivity contribution in [3.63, 3.8) is 0 Å². The predicted octanol–water partition coefficient (Wildman–Crippen LogP) is 4.23. The highest BCUT2D eigenvalue weighted by Gasteiger charge is 2.06. The number of hydrogen-bond donors (Lipinski definition) is 2. The number of hydrogen-bond acceptors (Lipinski definition) is 3. The molecule has 0 saturated carbocycles. The molecular formula is C15H16N2OS2. The second kappa shape index (κ2) is 7.17. The molecular weight excluding hydrogens is 288 g/mol. The maximum Gasteiger partial charge on any atom is 0.175 e. The van der Waals surface area contributed by atoms with Crippen molar-refractivity contribution in [2.24, 2.45) is 0 Å². The Morgan fingerprint density at radius 1 is 1.00 bits per heavy atom. The summed E-state index contributed by atoms with van der Waals surface area (Å²) in [4.78, 5) is 1.15. The first-order chi connectivity index (χ1) is 9.74. The average molecular weight is 304 g/mol. The summed E-state index contributed by atoms with van der Waals surface area (Å²) < 4.78 is 5.29. The number of nitrogens with one attached hydrogen (secondary N) is 2. The van der Waals surface area contributed by atoms with E-state index < -0.39 is 0 Å². The van der Waals surface area contributed by atoms with E-state index in [4.69, 9.17) is 17.0 Å². The summed E-state index contributed by atoms with van der Waals surface area (Å²) in [5, 5.41) is 6.89. The molecule has 0 aliphatic carbocycles. The maximum absolute atomic E-state index is 5.35. The van der Waals surface area contributed by atoms with Crippen LogP contribution < -0.4 is 15.4 Å². The van der Waals surface area contributed by atoms with E-state index in [0.29, 0.717) is 5.11 Å². The van der Waals surface area contributed by atoms with Gasteiger partial charge in [0, 0.05) is 4.90 Å². The second-order valence-corrected chi connectivity index (χ2v) is 5.24. The van der Waals surface area contributed by atoms with Crippen molar-refractivity contribution in [2.75, 3.05) is 24.0 Å². The molecule has 5 heteroatoms. The molecule has 0 radical (unpaired) electrons. The van der Waals surface area contributed by atoms with E-state index in [1.54, 1.807) is 18.9 Å². The second-order valence-electron chi connectivity index (χ2n) is 3.98. The lowest BCUT2D eigenvalue weighted by molar-refractivity contribution is 0.417. The highest BCUT2D eigenvalue weighted by Crippen LogP contribution is 2.26. The highest BCUT2D eigenvalue weighted by atomic mass is 32.2. The molecule has 0 atom stereocenters. The van der Waals surface area contributed by atoms with Crippen LogP contribution in [0.5, 0.6) is 5.75 Å². The number of methoxy groups -OCH3 is 1. The van der Waals surface area contributed by atoms with Gasteiger partial charge in [-0.1, -0.05) is 24.3 Å². The van der Waals surface area contributed by atoms with E-state index in [2.05, 4.69) is 16.7 Å². The molecule has 0 bridgehead atoms. The van der Waals surface area contributed by atoms with Crippen LogP contribution in [0.4, 0.5) is 11.4 Å². The molecule has 2 aromatic carbocycles. The zero-order valence-corrected chi connectivity index (χ0v) is 13.0. The van der Waals surface area contributed by atoms with Crippen molar-refractivity contribution in [1.29, 1.82) is 0 Å². The largest absolute Gasteiger partial charge is 0.495 e. The molecule has 2 rings (SSSR count). The smallest absolute Gasteiger partial charge is 0.175 e. The van der Waals surface area contributed by atoms with Gasteiger partial charge in [0.15, 0.2) is 5.11 Å². The van der Waals surface area contributed by atoms with Crippen LogP contribution in [0.2, 0.25) is 0 Å². The molecule has 0 unspecified atom stereocenters. The van der Waals surface area contributed by atoms with Crippen LogP contribution in [0.15, 0.2) is 53.4 Å². The molecule has 0 saturated heterocycles. The fourth-order valence-corrected chi connectivity index (χ4v) is 2.55. The fourth-order valence-electron chi connectivity index (χ4n) is 1.77. The first-order valence-electron chi connectivity index (χ1n) is 6.08. The highest BCUT2D eigenvalue weighted by molar-refractivity contribution is 7.98. The van der Waals surface area contributed by atoms with Gasteiger partial charge < -0.3 is 15.4 Å². The van der Waals surface area contributed by atoms with Gasteiger partial charge in [-0.3, -0.25) is 0 Å². The summed E-state index contributed by atoms with van der Waals surface area (Å²) in [6.45, 7) is 0. The summed E-state index contributed by atoms with van der Waals surface area (Å²) in [5.41, 5.74) is 1.83. The number of thiocarbonyl (C=S) groups is 1. The molecule has 0 spiro atoms. The molecule has 104 valence electrons. The van der Waals surface area contributed by atoms with Gasteiger partial charge in [-0.2, -0.15) is 0 Å². The topological polar surface area (TPSA) is 33.3 Å². The lowest BCUT2D eigenvalue weighted by atomic mass is 10.3. The number of rotatable bonds is 4. The molecule has 3 nitrogen and oxygen atoms in total. The average Bonchev–Trinajstić information content (AvgIpc) is 2.48. The Kier molecular flexibility index (Phi) is 5.26. The lowest BCUT2D eigenvalue weighted by Crippen LogP contribution is -2.19. The van der Waals surface area contributed by atoms with Gasteiger partial charge in [-0.05, 0) is 42.7 Å². The van der Waals surface area contributed by atoms with Crippen molar-refractivity contribution < 1.29 is 4.74 Å². The van der Waals surface area contributed by atoms with Gasteiger partial charge >= 0.3 is 0 Å². The van der Waals surface area contributed by atoms with Crippen LogP contribution >= 0.6 is 24.0 Å². The van der Waals surface area contributed by atoms with E-state index >= 15 is 0 Å². The third-order valence-electron chi connectivity index (χ3n) is 2.71. The summed E-state index contributed by atoms with van der Waals surface area (Å²) in [6, 6.07) is 15.7. The standard InChI is InChI=1S/C15H16N2OS2/c1-18-13-9-5-3-7-11(13)16-15(19)17-12-8-4-6-10-14(12)20-2/h3-10H,1-2H3,(H2,16,17,19). The number of benzene rings is 2. The number of anilines is 2. The van der Waals surface area contributed by atoms with Crippen LogP contribution in [0.1, 0.15) is 0 Å². The monoisotopic (exact) mass is 304 g/mol. The van der Waals surface area contributed by atoms with E-state index in [1.165, 1.54) is 0 Å². The van der Waals surface area contributed by atoms with Gasteiger partial charge in [0.05, 0.1) is 18.5 Å². The van der Waals surface area contributed by atoms with Crippen molar-refractivity contribution >= 4 is 40.5 Å². The molecule has 2 aromatic rings. The molecule has 0 aromatic heterocycles. The Hall–Kier alpha value is -1.72. The van der Waals surface area contributed by atoms with Gasteiger partial charge in [0.25, 0.3) is 0 Å². The Labute approximate surface area is 128 Å². The first-order valence-corrected chi connectivity index (χ1v) is 7.72. The molecule has 0 fully saturated rings. The van der Waals surface area contributed by atoms with Crippen molar-refractivity contribution in [2.45, 2.75) is 4.90 Å². The Morgan fingerprint density at radius 3 is 2.30 bits per heavy atom. The normalized spacial score (nSPS) is 9.90. The van der Waals surface area contributed by atoms with Crippen LogP contribution in [-0.2, 0) is 0 Å². The third kappa shape index (κ3) is 3.65. The van der Waals surface area contributed by atoms with Crippen LogP contribution in [-0.4, -0.2) is 18.5 Å². The van der Waals surface area contributed by atoms with E-state index in [9.17, 15) is 0 Å². The molecule has 20 heavy (non-hydrogen) atoms. The minimum atomic E-state index is 0.538.